The lowest BCUT2D eigenvalue weighted by atomic mass is 9.83. The fraction of sp³-hybridized carbons (Fsp3) is 0.833. The van der Waals surface area contributed by atoms with Gasteiger partial charge in [-0.05, 0) is 62.7 Å². The summed E-state index contributed by atoms with van der Waals surface area (Å²) in [5.74, 6) is 1.79. The van der Waals surface area contributed by atoms with E-state index in [2.05, 4.69) is 21.6 Å². The van der Waals surface area contributed by atoms with Crippen LogP contribution in [-0.2, 0) is 25.0 Å². The molecule has 6 heteroatoms. The molecule has 2 aliphatic carbocycles. The average molecular weight is 358 g/mol. The number of allylic oxidation sites excluding steroid dienone is 2. The molecule has 2 rings (SSSR count). The number of unbranched alkanes of at least 4 members (excludes halogenated alkanes) is 1. The van der Waals surface area contributed by atoms with Gasteiger partial charge in [0, 0.05) is 12.5 Å². The van der Waals surface area contributed by atoms with E-state index in [9.17, 15) is 9.00 Å². The van der Waals surface area contributed by atoms with Crippen LogP contribution in [0.15, 0.2) is 12.2 Å². The summed E-state index contributed by atoms with van der Waals surface area (Å²) in [6.45, 7) is 2.55. The zero-order valence-electron chi connectivity index (χ0n) is 14.9. The second-order valence-electron chi connectivity index (χ2n) is 6.87. The minimum Gasteiger partial charge on any atom is -0.469 e. The number of ether oxygens (including phenoxy) is 1. The molecule has 0 aromatic heterocycles. The van der Waals surface area contributed by atoms with E-state index in [1.807, 2.05) is 6.92 Å². The van der Waals surface area contributed by atoms with Crippen LogP contribution in [0.4, 0.5) is 0 Å². The van der Waals surface area contributed by atoms with Crippen LogP contribution in [0.25, 0.3) is 0 Å². The first-order chi connectivity index (χ1) is 11.7. The quantitative estimate of drug-likeness (QED) is 0.350. The molecule has 2 saturated carbocycles. The van der Waals surface area contributed by atoms with Crippen LogP contribution in [0.3, 0.4) is 0 Å². The van der Waals surface area contributed by atoms with Crippen LogP contribution in [0.2, 0.25) is 0 Å². The minimum atomic E-state index is -1.37. The van der Waals surface area contributed by atoms with Crippen molar-refractivity contribution in [2.24, 2.45) is 17.8 Å². The normalized spacial score (nSPS) is 30.1. The molecule has 138 valence electrons. The molecule has 2 bridgehead atoms. The number of hydrogen-bond acceptors (Lipinski definition) is 4. The lowest BCUT2D eigenvalue weighted by molar-refractivity contribution is -0.140. The maximum atomic E-state index is 12.0. The molecule has 0 saturated heterocycles. The third kappa shape index (κ3) is 5.67. The van der Waals surface area contributed by atoms with Crippen molar-refractivity contribution in [1.82, 2.24) is 4.72 Å². The van der Waals surface area contributed by atoms with E-state index in [1.165, 1.54) is 26.4 Å². The second kappa shape index (κ2) is 10.3. The second-order valence-corrected chi connectivity index (χ2v) is 7.81. The fourth-order valence-electron chi connectivity index (χ4n) is 4.07. The topological polar surface area (TPSA) is 64.6 Å². The lowest BCUT2D eigenvalue weighted by Gasteiger charge is -2.30. The number of nitrogens with one attached hydrogen (secondary N) is 1. The van der Waals surface area contributed by atoms with Crippen LogP contribution < -0.4 is 4.72 Å². The molecule has 0 aromatic carbocycles. The van der Waals surface area contributed by atoms with Gasteiger partial charge in [0.25, 0.3) is 0 Å². The van der Waals surface area contributed by atoms with E-state index in [1.54, 1.807) is 0 Å². The van der Waals surface area contributed by atoms with Gasteiger partial charge < -0.3 is 4.74 Å². The highest BCUT2D eigenvalue weighted by Gasteiger charge is 2.47. The summed E-state index contributed by atoms with van der Waals surface area (Å²) < 4.78 is 25.2. The van der Waals surface area contributed by atoms with Gasteiger partial charge in [-0.3, -0.25) is 8.98 Å². The van der Waals surface area contributed by atoms with Gasteiger partial charge in [0.05, 0.1) is 13.7 Å². The molecule has 0 aliphatic heterocycles. The number of methoxy groups -OCH3 is 1. The summed E-state index contributed by atoms with van der Waals surface area (Å²) in [7, 11) is 1.43. The number of esters is 1. The van der Waals surface area contributed by atoms with Gasteiger partial charge in [0.1, 0.15) is 0 Å². The van der Waals surface area contributed by atoms with Crippen LogP contribution in [0.1, 0.15) is 58.3 Å². The Morgan fingerprint density at radius 1 is 1.29 bits per heavy atom. The molecule has 2 fully saturated rings. The van der Waals surface area contributed by atoms with Crippen molar-refractivity contribution in [3.8, 4) is 0 Å². The maximum Gasteiger partial charge on any atom is 0.305 e. The summed E-state index contributed by atoms with van der Waals surface area (Å²) in [5.41, 5.74) is 0. The van der Waals surface area contributed by atoms with E-state index >= 15 is 0 Å². The van der Waals surface area contributed by atoms with Crippen molar-refractivity contribution >= 4 is 17.2 Å². The average Bonchev–Trinajstić information content (AvgIpc) is 3.18. The highest BCUT2D eigenvalue weighted by atomic mass is 32.2. The summed E-state index contributed by atoms with van der Waals surface area (Å²) >= 11 is -1.37. The molecular weight excluding hydrogens is 326 g/mol. The Morgan fingerprint density at radius 3 is 2.83 bits per heavy atom. The molecule has 0 spiro atoms. The fourth-order valence-corrected chi connectivity index (χ4v) is 5.05. The first-order valence-electron chi connectivity index (χ1n) is 9.18. The minimum absolute atomic E-state index is 0.143. The van der Waals surface area contributed by atoms with Gasteiger partial charge >= 0.3 is 5.97 Å². The Bertz CT molecular complexity index is 454. The number of fused-ring (bicyclic) bond motifs is 2. The summed E-state index contributed by atoms with van der Waals surface area (Å²) in [5, 5.41) is 0. The van der Waals surface area contributed by atoms with Gasteiger partial charge in [-0.2, -0.15) is 0 Å². The van der Waals surface area contributed by atoms with E-state index in [0.717, 1.165) is 31.6 Å². The van der Waals surface area contributed by atoms with Crippen LogP contribution in [0, 0.1) is 17.8 Å². The van der Waals surface area contributed by atoms with Gasteiger partial charge in [0.15, 0.2) is 0 Å². The standard InChI is InChI=1S/C18H31NO4S/c1-3-12-23-24(21)19-18-15-11-10-14(13-15)16(18)8-6-4-5-7-9-17(20)22-2/h4,6,14-16,18-19H,3,5,7-13H2,1-2H3/b6-4+. The number of carbonyl (C=O) groups excluding carboxylic acids is 1. The summed E-state index contributed by atoms with van der Waals surface area (Å²) in [4.78, 5) is 11.1. The number of rotatable bonds is 11. The van der Waals surface area contributed by atoms with E-state index in [-0.39, 0.29) is 5.97 Å². The van der Waals surface area contributed by atoms with Crippen molar-refractivity contribution in [2.75, 3.05) is 13.7 Å². The summed E-state index contributed by atoms with van der Waals surface area (Å²) in [6.07, 6.45) is 12.3. The lowest BCUT2D eigenvalue weighted by Crippen LogP contribution is -2.42. The maximum absolute atomic E-state index is 12.0. The smallest absolute Gasteiger partial charge is 0.305 e. The molecule has 0 heterocycles. The Morgan fingerprint density at radius 2 is 2.08 bits per heavy atom. The molecule has 0 aromatic rings. The van der Waals surface area contributed by atoms with Crippen molar-refractivity contribution in [2.45, 2.75) is 64.3 Å². The van der Waals surface area contributed by atoms with E-state index in [0.29, 0.717) is 30.9 Å². The molecule has 24 heavy (non-hydrogen) atoms. The number of carbonyl (C=O) groups is 1. The predicted molar refractivity (Wildman–Crippen MR) is 95.3 cm³/mol. The Balaban J connectivity index is 1.75. The number of hydrogen-bond donors (Lipinski definition) is 1. The van der Waals surface area contributed by atoms with Crippen molar-refractivity contribution < 1.29 is 17.9 Å². The largest absolute Gasteiger partial charge is 0.469 e. The SMILES string of the molecule is CCCOS(=O)NC1C2CCC(C2)C1C/C=C/CCCC(=O)OC. The van der Waals surface area contributed by atoms with Crippen LogP contribution in [0.5, 0.6) is 0 Å². The van der Waals surface area contributed by atoms with Gasteiger partial charge in [-0.25, -0.2) is 8.93 Å². The molecule has 1 N–H and O–H groups in total. The van der Waals surface area contributed by atoms with Gasteiger partial charge in [0.2, 0.25) is 11.3 Å². The zero-order chi connectivity index (χ0) is 17.4. The predicted octanol–water partition coefficient (Wildman–Crippen LogP) is 3.29. The molecular formula is C18H31NO4S. The Kier molecular flexibility index (Phi) is 8.42. The van der Waals surface area contributed by atoms with Crippen molar-refractivity contribution in [3.05, 3.63) is 12.2 Å². The van der Waals surface area contributed by atoms with Gasteiger partial charge in [-0.1, -0.05) is 19.1 Å². The molecule has 0 amide bonds. The molecule has 0 radical (unpaired) electrons. The monoisotopic (exact) mass is 357 g/mol. The van der Waals surface area contributed by atoms with Crippen LogP contribution in [-0.4, -0.2) is 29.9 Å². The highest BCUT2D eigenvalue weighted by molar-refractivity contribution is 7.78. The molecule has 5 atom stereocenters. The summed E-state index contributed by atoms with van der Waals surface area (Å²) in [6, 6.07) is 0.307. The Hall–Kier alpha value is -0.720. The highest BCUT2D eigenvalue weighted by Crippen LogP contribution is 2.50. The van der Waals surface area contributed by atoms with Crippen molar-refractivity contribution in [3.63, 3.8) is 0 Å². The third-order valence-electron chi connectivity index (χ3n) is 5.27. The van der Waals surface area contributed by atoms with Crippen molar-refractivity contribution in [1.29, 1.82) is 0 Å². The first kappa shape index (κ1) is 19.6. The Labute approximate surface area is 148 Å². The van der Waals surface area contributed by atoms with E-state index in [4.69, 9.17) is 4.18 Å². The third-order valence-corrected chi connectivity index (χ3v) is 6.11. The molecule has 2 aliphatic rings. The zero-order valence-corrected chi connectivity index (χ0v) is 15.7. The van der Waals surface area contributed by atoms with Crippen LogP contribution >= 0.6 is 0 Å². The van der Waals surface area contributed by atoms with Gasteiger partial charge in [-0.15, -0.1) is 0 Å². The first-order valence-corrected chi connectivity index (χ1v) is 10.3. The van der Waals surface area contributed by atoms with E-state index < -0.39 is 11.3 Å². The molecule has 5 unspecified atom stereocenters. The molecule has 5 nitrogen and oxygen atoms in total.